The topological polar surface area (TPSA) is 94.1 Å². The van der Waals surface area contributed by atoms with E-state index in [4.69, 9.17) is 0 Å². The van der Waals surface area contributed by atoms with E-state index >= 15 is 0 Å². The molecule has 0 amide bonds. The zero-order valence-corrected chi connectivity index (χ0v) is 16.0. The standard InChI is InChI=1S/C20H20N8O/c1-14-4-6-18-22-23-19(28(18)24-14)13-26-10-15(11-26)12-27-20(29)7-5-17(25-27)16-3-2-8-21-9-16/h2-9,15H,10-13H2,1H3. The van der Waals surface area contributed by atoms with Gasteiger partial charge in [-0.15, -0.1) is 10.2 Å². The SMILES string of the molecule is Cc1ccc2nnc(CN3CC(Cn4nc(-c5cccnc5)ccc4=O)C3)n2n1. The smallest absolute Gasteiger partial charge is 0.266 e. The third kappa shape index (κ3) is 3.52. The van der Waals surface area contributed by atoms with Crippen molar-refractivity contribution in [3.8, 4) is 11.3 Å². The van der Waals surface area contributed by atoms with Crippen molar-refractivity contribution < 1.29 is 0 Å². The Morgan fingerprint density at radius 2 is 1.97 bits per heavy atom. The Hall–Kier alpha value is -3.46. The Morgan fingerprint density at radius 1 is 1.07 bits per heavy atom. The number of nitrogens with zero attached hydrogens (tertiary/aromatic N) is 8. The van der Waals surface area contributed by atoms with Gasteiger partial charge in [0, 0.05) is 43.0 Å². The molecule has 29 heavy (non-hydrogen) atoms. The molecule has 9 heteroatoms. The molecule has 0 unspecified atom stereocenters. The number of aromatic nitrogens is 7. The number of pyridine rings is 1. The molecule has 0 aromatic carbocycles. The molecule has 9 nitrogen and oxygen atoms in total. The van der Waals surface area contributed by atoms with Gasteiger partial charge in [0.1, 0.15) is 0 Å². The van der Waals surface area contributed by atoms with Gasteiger partial charge in [-0.05, 0) is 37.3 Å². The number of likely N-dealkylation sites (tertiary alicyclic amines) is 1. The van der Waals surface area contributed by atoms with Crippen molar-refractivity contribution in [3.63, 3.8) is 0 Å². The summed E-state index contributed by atoms with van der Waals surface area (Å²) in [6, 6.07) is 11.0. The molecule has 0 radical (unpaired) electrons. The van der Waals surface area contributed by atoms with Crippen molar-refractivity contribution in [1.29, 1.82) is 0 Å². The minimum Gasteiger partial charge on any atom is -0.295 e. The van der Waals surface area contributed by atoms with Crippen molar-refractivity contribution in [2.75, 3.05) is 13.1 Å². The molecular formula is C20H20N8O. The van der Waals surface area contributed by atoms with E-state index < -0.39 is 0 Å². The molecule has 146 valence electrons. The Labute approximate surface area is 166 Å². The fourth-order valence-electron chi connectivity index (χ4n) is 3.64. The molecule has 4 aromatic heterocycles. The number of rotatable bonds is 5. The Balaban J connectivity index is 1.25. The highest BCUT2D eigenvalue weighted by molar-refractivity contribution is 5.56. The first-order valence-electron chi connectivity index (χ1n) is 9.54. The van der Waals surface area contributed by atoms with Crippen molar-refractivity contribution in [2.24, 2.45) is 5.92 Å². The van der Waals surface area contributed by atoms with Crippen LogP contribution in [0.25, 0.3) is 16.9 Å². The molecule has 1 saturated heterocycles. The van der Waals surface area contributed by atoms with Gasteiger partial charge in [0.25, 0.3) is 5.56 Å². The average molecular weight is 388 g/mol. The van der Waals surface area contributed by atoms with Crippen LogP contribution in [0.3, 0.4) is 0 Å². The summed E-state index contributed by atoms with van der Waals surface area (Å²) in [5, 5.41) is 17.4. The van der Waals surface area contributed by atoms with Crippen LogP contribution in [0, 0.1) is 12.8 Å². The molecule has 0 aliphatic carbocycles. The third-order valence-corrected chi connectivity index (χ3v) is 5.11. The van der Waals surface area contributed by atoms with E-state index in [0.717, 1.165) is 41.5 Å². The molecule has 0 atom stereocenters. The second kappa shape index (κ2) is 7.17. The molecule has 1 aliphatic rings. The number of hydrogen-bond donors (Lipinski definition) is 0. The second-order valence-corrected chi connectivity index (χ2v) is 7.40. The van der Waals surface area contributed by atoms with Gasteiger partial charge in [-0.2, -0.15) is 14.7 Å². The van der Waals surface area contributed by atoms with Crippen molar-refractivity contribution >= 4 is 5.65 Å². The summed E-state index contributed by atoms with van der Waals surface area (Å²) in [6.07, 6.45) is 3.47. The summed E-state index contributed by atoms with van der Waals surface area (Å²) in [5.74, 6) is 1.20. The lowest BCUT2D eigenvalue weighted by atomic mass is 10.0. The highest BCUT2D eigenvalue weighted by Gasteiger charge is 2.29. The fourth-order valence-corrected chi connectivity index (χ4v) is 3.64. The van der Waals surface area contributed by atoms with Crippen LogP contribution in [0.2, 0.25) is 0 Å². The minimum absolute atomic E-state index is 0.0841. The minimum atomic E-state index is -0.0841. The number of fused-ring (bicyclic) bond motifs is 1. The summed E-state index contributed by atoms with van der Waals surface area (Å²) in [4.78, 5) is 18.6. The first kappa shape index (κ1) is 17.6. The average Bonchev–Trinajstić information content (AvgIpc) is 3.10. The number of aryl methyl sites for hydroxylation is 1. The largest absolute Gasteiger partial charge is 0.295 e. The van der Waals surface area contributed by atoms with E-state index in [1.165, 1.54) is 0 Å². The first-order chi connectivity index (χ1) is 14.2. The molecule has 0 spiro atoms. The Bertz CT molecular complexity index is 1210. The summed E-state index contributed by atoms with van der Waals surface area (Å²) in [7, 11) is 0. The first-order valence-corrected chi connectivity index (χ1v) is 9.54. The predicted octanol–water partition coefficient (Wildman–Crippen LogP) is 1.18. The number of hydrogen-bond acceptors (Lipinski definition) is 7. The van der Waals surface area contributed by atoms with E-state index in [-0.39, 0.29) is 5.56 Å². The highest BCUT2D eigenvalue weighted by Crippen LogP contribution is 2.20. The highest BCUT2D eigenvalue weighted by atomic mass is 16.1. The van der Waals surface area contributed by atoms with Gasteiger partial charge in [0.2, 0.25) is 0 Å². The lowest BCUT2D eigenvalue weighted by Crippen LogP contribution is -2.49. The summed E-state index contributed by atoms with van der Waals surface area (Å²) in [6.45, 7) is 5.00. The van der Waals surface area contributed by atoms with Gasteiger partial charge in [-0.1, -0.05) is 0 Å². The zero-order chi connectivity index (χ0) is 19.8. The lowest BCUT2D eigenvalue weighted by Gasteiger charge is -2.38. The molecule has 0 bridgehead atoms. The lowest BCUT2D eigenvalue weighted by molar-refractivity contribution is 0.0734. The summed E-state index contributed by atoms with van der Waals surface area (Å²) >= 11 is 0. The van der Waals surface area contributed by atoms with Gasteiger partial charge in [-0.3, -0.25) is 14.7 Å². The van der Waals surface area contributed by atoms with E-state index in [9.17, 15) is 4.79 Å². The van der Waals surface area contributed by atoms with Crippen LogP contribution < -0.4 is 5.56 Å². The van der Waals surface area contributed by atoms with Gasteiger partial charge in [0.15, 0.2) is 11.5 Å². The van der Waals surface area contributed by atoms with Crippen LogP contribution >= 0.6 is 0 Å². The van der Waals surface area contributed by atoms with Gasteiger partial charge < -0.3 is 0 Å². The summed E-state index contributed by atoms with van der Waals surface area (Å²) < 4.78 is 3.35. The molecule has 1 fully saturated rings. The van der Waals surface area contributed by atoms with Crippen LogP contribution in [0.15, 0.2) is 53.6 Å². The van der Waals surface area contributed by atoms with Crippen LogP contribution in [0.4, 0.5) is 0 Å². The maximum atomic E-state index is 12.2. The van der Waals surface area contributed by atoms with Gasteiger partial charge in [-0.25, -0.2) is 4.68 Å². The molecule has 1 aliphatic heterocycles. The molecule has 0 saturated carbocycles. The van der Waals surface area contributed by atoms with Crippen LogP contribution in [-0.2, 0) is 13.1 Å². The van der Waals surface area contributed by atoms with Crippen molar-refractivity contribution in [1.82, 2.24) is 39.5 Å². The van der Waals surface area contributed by atoms with Crippen molar-refractivity contribution in [2.45, 2.75) is 20.0 Å². The van der Waals surface area contributed by atoms with E-state index in [1.54, 1.807) is 33.7 Å². The van der Waals surface area contributed by atoms with Crippen LogP contribution in [0.5, 0.6) is 0 Å². The Kier molecular flexibility index (Phi) is 4.36. The third-order valence-electron chi connectivity index (χ3n) is 5.11. The fraction of sp³-hybridized carbons (Fsp3) is 0.300. The quantitative estimate of drug-likeness (QED) is 0.507. The van der Waals surface area contributed by atoms with E-state index in [0.29, 0.717) is 19.0 Å². The van der Waals surface area contributed by atoms with E-state index in [1.807, 2.05) is 31.2 Å². The normalized spacial score (nSPS) is 14.9. The van der Waals surface area contributed by atoms with Gasteiger partial charge in [0.05, 0.1) is 24.5 Å². The maximum Gasteiger partial charge on any atom is 0.266 e. The summed E-state index contributed by atoms with van der Waals surface area (Å²) in [5.41, 5.74) is 3.26. The molecule has 5 heterocycles. The monoisotopic (exact) mass is 388 g/mol. The Morgan fingerprint density at radius 3 is 2.79 bits per heavy atom. The van der Waals surface area contributed by atoms with E-state index in [2.05, 4.69) is 30.3 Å². The van der Waals surface area contributed by atoms with Gasteiger partial charge >= 0.3 is 0 Å². The molecular weight excluding hydrogens is 368 g/mol. The maximum absolute atomic E-state index is 12.2. The van der Waals surface area contributed by atoms with Crippen molar-refractivity contribution in [3.05, 3.63) is 70.7 Å². The van der Waals surface area contributed by atoms with Crippen LogP contribution in [0.1, 0.15) is 11.5 Å². The molecule has 4 aromatic rings. The van der Waals surface area contributed by atoms with Crippen LogP contribution in [-0.4, -0.2) is 52.6 Å². The molecule has 5 rings (SSSR count). The predicted molar refractivity (Wildman–Crippen MR) is 106 cm³/mol. The zero-order valence-electron chi connectivity index (χ0n) is 16.0. The second-order valence-electron chi connectivity index (χ2n) is 7.40. The molecule has 0 N–H and O–H groups in total.